The summed E-state index contributed by atoms with van der Waals surface area (Å²) in [6.45, 7) is 6.78. The number of carbonyl (C=O) groups is 2. The lowest BCUT2D eigenvalue weighted by Crippen LogP contribution is -2.50. The SMILES string of the molecule is CC[C@@H](C(=O)NCC(C)C)N(Cc1ccc(Cl)cc1)C(=O)Cc1ccc(F)cc1. The first kappa shape index (κ1) is 22.9. The number of carbonyl (C=O) groups excluding carboxylic acids is 2. The second kappa shape index (κ2) is 11.0. The molecule has 1 N–H and O–H groups in total. The Balaban J connectivity index is 2.24. The highest BCUT2D eigenvalue weighted by molar-refractivity contribution is 6.30. The van der Waals surface area contributed by atoms with Gasteiger partial charge in [0.05, 0.1) is 6.42 Å². The van der Waals surface area contributed by atoms with Crippen molar-refractivity contribution in [2.24, 2.45) is 5.92 Å². The zero-order valence-corrected chi connectivity index (χ0v) is 17.9. The third-order valence-corrected chi connectivity index (χ3v) is 4.86. The van der Waals surface area contributed by atoms with Gasteiger partial charge in [-0.15, -0.1) is 0 Å². The molecule has 0 bridgehead atoms. The van der Waals surface area contributed by atoms with Crippen LogP contribution in [0.1, 0.15) is 38.3 Å². The summed E-state index contributed by atoms with van der Waals surface area (Å²) in [4.78, 5) is 27.5. The monoisotopic (exact) mass is 418 g/mol. The Labute approximate surface area is 177 Å². The summed E-state index contributed by atoms with van der Waals surface area (Å²) in [6.07, 6.45) is 0.592. The van der Waals surface area contributed by atoms with Crippen LogP contribution in [-0.2, 0) is 22.6 Å². The smallest absolute Gasteiger partial charge is 0.242 e. The van der Waals surface area contributed by atoms with Crippen LogP contribution in [0.5, 0.6) is 0 Å². The zero-order chi connectivity index (χ0) is 21.4. The highest BCUT2D eigenvalue weighted by Crippen LogP contribution is 2.17. The summed E-state index contributed by atoms with van der Waals surface area (Å²) in [6, 6.07) is 12.5. The van der Waals surface area contributed by atoms with Crippen LogP contribution >= 0.6 is 11.6 Å². The van der Waals surface area contributed by atoms with Gasteiger partial charge >= 0.3 is 0 Å². The number of benzene rings is 2. The Bertz CT molecular complexity index is 807. The van der Waals surface area contributed by atoms with Gasteiger partial charge in [-0.25, -0.2) is 4.39 Å². The molecule has 0 aliphatic carbocycles. The van der Waals surface area contributed by atoms with Gasteiger partial charge < -0.3 is 10.2 Å². The van der Waals surface area contributed by atoms with E-state index < -0.39 is 6.04 Å². The van der Waals surface area contributed by atoms with Crippen molar-refractivity contribution >= 4 is 23.4 Å². The minimum Gasteiger partial charge on any atom is -0.354 e. The van der Waals surface area contributed by atoms with Gasteiger partial charge in [-0.05, 0) is 47.7 Å². The Morgan fingerprint density at radius 2 is 1.62 bits per heavy atom. The van der Waals surface area contributed by atoms with Crippen molar-refractivity contribution < 1.29 is 14.0 Å². The fourth-order valence-corrected chi connectivity index (χ4v) is 3.13. The molecule has 156 valence electrons. The Kier molecular flexibility index (Phi) is 8.65. The lowest BCUT2D eigenvalue weighted by molar-refractivity contribution is -0.141. The van der Waals surface area contributed by atoms with Crippen LogP contribution in [0, 0.1) is 11.7 Å². The lowest BCUT2D eigenvalue weighted by Gasteiger charge is -2.31. The zero-order valence-electron chi connectivity index (χ0n) is 17.1. The van der Waals surface area contributed by atoms with E-state index in [1.807, 2.05) is 32.9 Å². The first-order chi connectivity index (χ1) is 13.8. The fourth-order valence-electron chi connectivity index (χ4n) is 3.01. The molecule has 0 spiro atoms. The van der Waals surface area contributed by atoms with Gasteiger partial charge in [0.1, 0.15) is 11.9 Å². The standard InChI is InChI=1S/C23H28ClFN2O2/c1-4-21(23(29)26-14-16(2)3)27(15-18-5-9-19(24)10-6-18)22(28)13-17-7-11-20(25)12-8-17/h5-12,16,21H,4,13-15H2,1-3H3,(H,26,29)/t21-/m0/s1. The van der Waals surface area contributed by atoms with E-state index in [0.29, 0.717) is 36.0 Å². The Hall–Kier alpha value is -2.40. The molecule has 0 aliphatic rings. The van der Waals surface area contributed by atoms with Crippen LogP contribution in [0.25, 0.3) is 0 Å². The van der Waals surface area contributed by atoms with Gasteiger partial charge in [0.2, 0.25) is 11.8 Å². The van der Waals surface area contributed by atoms with Crippen LogP contribution in [0.2, 0.25) is 5.02 Å². The minimum absolute atomic E-state index is 0.0990. The first-order valence-corrected chi connectivity index (χ1v) is 10.2. The van der Waals surface area contributed by atoms with Crippen LogP contribution in [0.4, 0.5) is 4.39 Å². The highest BCUT2D eigenvalue weighted by atomic mass is 35.5. The normalized spacial score (nSPS) is 11.9. The van der Waals surface area contributed by atoms with E-state index in [9.17, 15) is 14.0 Å². The van der Waals surface area contributed by atoms with Crippen LogP contribution < -0.4 is 5.32 Å². The molecule has 2 rings (SSSR count). The highest BCUT2D eigenvalue weighted by Gasteiger charge is 2.28. The third kappa shape index (κ3) is 7.17. The predicted molar refractivity (Wildman–Crippen MR) is 114 cm³/mol. The molecule has 0 aliphatic heterocycles. The maximum atomic E-state index is 13.2. The van der Waals surface area contributed by atoms with Crippen molar-refractivity contribution in [1.29, 1.82) is 0 Å². The fraction of sp³-hybridized carbons (Fsp3) is 0.391. The van der Waals surface area contributed by atoms with Crippen LogP contribution in [0.15, 0.2) is 48.5 Å². The molecule has 0 heterocycles. The molecule has 6 heteroatoms. The van der Waals surface area contributed by atoms with E-state index in [4.69, 9.17) is 11.6 Å². The van der Waals surface area contributed by atoms with E-state index >= 15 is 0 Å². The summed E-state index contributed by atoms with van der Waals surface area (Å²) >= 11 is 5.97. The number of nitrogens with zero attached hydrogens (tertiary/aromatic N) is 1. The van der Waals surface area contributed by atoms with Gasteiger partial charge in [0.25, 0.3) is 0 Å². The van der Waals surface area contributed by atoms with Gasteiger partial charge in [-0.3, -0.25) is 9.59 Å². The van der Waals surface area contributed by atoms with Crippen LogP contribution in [0.3, 0.4) is 0 Å². The van der Waals surface area contributed by atoms with Gasteiger partial charge in [0, 0.05) is 18.1 Å². The largest absolute Gasteiger partial charge is 0.354 e. The maximum Gasteiger partial charge on any atom is 0.242 e. The molecule has 2 aromatic carbocycles. The number of nitrogens with one attached hydrogen (secondary N) is 1. The summed E-state index contributed by atoms with van der Waals surface area (Å²) in [5.74, 6) is -0.379. The summed E-state index contributed by atoms with van der Waals surface area (Å²) in [7, 11) is 0. The second-order valence-corrected chi connectivity index (χ2v) is 7.95. The van der Waals surface area contributed by atoms with E-state index in [1.165, 1.54) is 12.1 Å². The predicted octanol–water partition coefficient (Wildman–Crippen LogP) is 4.60. The van der Waals surface area contributed by atoms with E-state index in [1.54, 1.807) is 29.2 Å². The number of amides is 2. The summed E-state index contributed by atoms with van der Waals surface area (Å²) in [5, 5.41) is 3.54. The number of rotatable bonds is 9. The number of hydrogen-bond acceptors (Lipinski definition) is 2. The molecule has 0 saturated heterocycles. The molecule has 0 aromatic heterocycles. The number of hydrogen-bond donors (Lipinski definition) is 1. The van der Waals surface area contributed by atoms with Crippen molar-refractivity contribution in [2.75, 3.05) is 6.54 Å². The molecular formula is C23H28ClFN2O2. The van der Waals surface area contributed by atoms with E-state index in [0.717, 1.165) is 5.56 Å². The Morgan fingerprint density at radius 3 is 2.17 bits per heavy atom. The quantitative estimate of drug-likeness (QED) is 0.646. The molecule has 4 nitrogen and oxygen atoms in total. The van der Waals surface area contributed by atoms with Crippen molar-refractivity contribution in [3.8, 4) is 0 Å². The molecule has 0 fully saturated rings. The van der Waals surface area contributed by atoms with E-state index in [-0.39, 0.29) is 24.1 Å². The van der Waals surface area contributed by atoms with Crippen molar-refractivity contribution in [2.45, 2.75) is 46.2 Å². The van der Waals surface area contributed by atoms with Crippen molar-refractivity contribution in [1.82, 2.24) is 10.2 Å². The average molecular weight is 419 g/mol. The summed E-state index contributed by atoms with van der Waals surface area (Å²) < 4.78 is 13.2. The Morgan fingerprint density at radius 1 is 1.03 bits per heavy atom. The molecule has 0 unspecified atom stereocenters. The van der Waals surface area contributed by atoms with Crippen molar-refractivity contribution in [3.05, 3.63) is 70.5 Å². The molecule has 29 heavy (non-hydrogen) atoms. The van der Waals surface area contributed by atoms with Gasteiger partial charge in [-0.1, -0.05) is 56.6 Å². The molecule has 2 aromatic rings. The second-order valence-electron chi connectivity index (χ2n) is 7.51. The molecule has 2 amide bonds. The average Bonchev–Trinajstić information content (AvgIpc) is 2.69. The lowest BCUT2D eigenvalue weighted by atomic mass is 10.1. The van der Waals surface area contributed by atoms with Gasteiger partial charge in [-0.2, -0.15) is 0 Å². The molecule has 1 atom stereocenters. The topological polar surface area (TPSA) is 49.4 Å². The van der Waals surface area contributed by atoms with Gasteiger partial charge in [0.15, 0.2) is 0 Å². The van der Waals surface area contributed by atoms with Crippen molar-refractivity contribution in [3.63, 3.8) is 0 Å². The first-order valence-electron chi connectivity index (χ1n) is 9.86. The van der Waals surface area contributed by atoms with E-state index in [2.05, 4.69) is 5.32 Å². The maximum absolute atomic E-state index is 13.2. The summed E-state index contributed by atoms with van der Waals surface area (Å²) in [5.41, 5.74) is 1.59. The minimum atomic E-state index is -0.586. The molecule has 0 radical (unpaired) electrons. The van der Waals surface area contributed by atoms with Crippen LogP contribution in [-0.4, -0.2) is 29.3 Å². The molecule has 0 saturated carbocycles. The third-order valence-electron chi connectivity index (χ3n) is 4.61. The molecular weight excluding hydrogens is 391 g/mol. The number of halogens is 2.